The smallest absolute Gasteiger partial charge is 0.135 e. The summed E-state index contributed by atoms with van der Waals surface area (Å²) in [4.78, 5) is 0. The molecule has 0 N–H and O–H groups in total. The summed E-state index contributed by atoms with van der Waals surface area (Å²) >= 11 is 0. The molecule has 2 heteroatoms. The molecule has 234 valence electrons. The van der Waals surface area contributed by atoms with Crippen molar-refractivity contribution in [3.63, 3.8) is 0 Å². The monoisotopic (exact) mass is 644 g/mol. The van der Waals surface area contributed by atoms with Crippen LogP contribution in [0.25, 0.3) is 93.9 Å². The molecule has 2 heterocycles. The van der Waals surface area contributed by atoms with Crippen LogP contribution in [0.15, 0.2) is 192 Å². The lowest BCUT2D eigenvalue weighted by Crippen LogP contribution is -1.93. The first-order chi connectivity index (χ1) is 27.7. The molecule has 8 aromatic carbocycles. The van der Waals surface area contributed by atoms with Crippen molar-refractivity contribution in [3.8, 4) is 50.2 Å². The Morgan fingerprint density at radius 1 is 0.380 bits per heavy atom. The molecule has 0 radical (unpaired) electrons. The van der Waals surface area contributed by atoms with Crippen LogP contribution in [-0.2, 0) is 0 Å². The summed E-state index contributed by atoms with van der Waals surface area (Å²) < 4.78 is 70.8. The Hall–Kier alpha value is -6.64. The van der Waals surface area contributed by atoms with Gasteiger partial charge in [-0.1, -0.05) is 139 Å². The first-order valence-corrected chi connectivity index (χ1v) is 16.5. The zero-order valence-electron chi connectivity index (χ0n) is 33.7. The summed E-state index contributed by atoms with van der Waals surface area (Å²) in [5.41, 5.74) is 9.46. The normalized spacial score (nSPS) is 13.6. The second-order valence-electron chi connectivity index (χ2n) is 12.4. The minimum atomic E-state index is -0.418. The van der Waals surface area contributed by atoms with E-state index in [0.29, 0.717) is 11.3 Å². The highest BCUT2D eigenvalue weighted by atomic mass is 16.3. The van der Waals surface area contributed by atoms with Crippen LogP contribution < -0.4 is 0 Å². The third-order valence-corrected chi connectivity index (χ3v) is 9.49. The number of fused-ring (bicyclic) bond motifs is 6. The fourth-order valence-corrected chi connectivity index (χ4v) is 6.94. The molecule has 0 aliphatic heterocycles. The van der Waals surface area contributed by atoms with Gasteiger partial charge in [-0.3, -0.25) is 0 Å². The van der Waals surface area contributed by atoms with Gasteiger partial charge in [-0.2, -0.15) is 0 Å². The highest BCUT2D eigenvalue weighted by Gasteiger charge is 2.14. The molecule has 50 heavy (non-hydrogen) atoms. The average molecular weight is 645 g/mol. The zero-order chi connectivity index (χ0) is 39.1. The lowest BCUT2D eigenvalue weighted by atomic mass is 9.99. The van der Waals surface area contributed by atoms with Crippen molar-refractivity contribution in [1.82, 2.24) is 4.57 Å². The molecule has 10 aromatic rings. The summed E-state index contributed by atoms with van der Waals surface area (Å²) in [5.74, 6) is 0. The maximum absolute atomic E-state index is 9.50. The molecule has 0 saturated heterocycles. The SMILES string of the molecule is [2H]c1c([2H])c([2H])c2c(c1[2H])c1c([2H])c(-c3ccc(-c4ccccc4)cc3)c([2H])c([2H])c1n2-c1ccc(-c2ccc(-c3ccc4oc5ccccc5c4c3)cc2)cc1. The van der Waals surface area contributed by atoms with Crippen molar-refractivity contribution in [2.45, 2.75) is 0 Å². The van der Waals surface area contributed by atoms with Crippen LogP contribution in [0.2, 0.25) is 0 Å². The Morgan fingerprint density at radius 3 is 1.66 bits per heavy atom. The number of aromatic nitrogens is 1. The first-order valence-electron chi connectivity index (χ1n) is 20.0. The lowest BCUT2D eigenvalue weighted by molar-refractivity contribution is 0.669. The second-order valence-corrected chi connectivity index (χ2v) is 12.4. The Bertz CT molecular complexity index is 3220. The highest BCUT2D eigenvalue weighted by Crippen LogP contribution is 2.37. The van der Waals surface area contributed by atoms with E-state index in [1.807, 2.05) is 103 Å². The predicted octanol–water partition coefficient (Wildman–Crippen LogP) is 13.4. The summed E-state index contributed by atoms with van der Waals surface area (Å²) in [7, 11) is 0. The van der Waals surface area contributed by atoms with Crippen LogP contribution in [0.5, 0.6) is 0 Å². The Morgan fingerprint density at radius 2 is 0.920 bits per heavy atom. The maximum atomic E-state index is 9.50. The number of nitrogens with zero attached hydrogens (tertiary/aromatic N) is 1. The van der Waals surface area contributed by atoms with Gasteiger partial charge in [0, 0.05) is 27.2 Å². The second kappa shape index (κ2) is 11.5. The highest BCUT2D eigenvalue weighted by molar-refractivity contribution is 6.10. The van der Waals surface area contributed by atoms with E-state index in [2.05, 4.69) is 42.5 Å². The molecule has 0 atom stereocenters. The van der Waals surface area contributed by atoms with Crippen LogP contribution in [0.4, 0.5) is 0 Å². The van der Waals surface area contributed by atoms with E-state index in [1.54, 1.807) is 4.57 Å². The zero-order valence-corrected chi connectivity index (χ0v) is 26.7. The molecule has 10 rings (SSSR count). The topological polar surface area (TPSA) is 18.1 Å². The standard InChI is InChI=1S/C48H31NO/c1-2-8-32(9-3-1)33-14-18-36(19-15-33)38-24-28-46-43(30-38)41-10-4-6-12-45(41)49(46)40-26-22-35(23-27-40)34-16-20-37(21-17-34)39-25-29-48-44(31-39)42-11-5-7-13-47(42)50-48/h1-31H/i4D,6D,10D,12D,24D,28D,30D. The van der Waals surface area contributed by atoms with Gasteiger partial charge in [-0.05, 0) is 93.0 Å². The van der Waals surface area contributed by atoms with E-state index >= 15 is 0 Å². The number of rotatable bonds is 5. The van der Waals surface area contributed by atoms with Gasteiger partial charge in [-0.25, -0.2) is 0 Å². The molecule has 0 aliphatic carbocycles. The van der Waals surface area contributed by atoms with Gasteiger partial charge in [0.25, 0.3) is 0 Å². The molecule has 0 bridgehead atoms. The molecular weight excluding hydrogens is 607 g/mol. The van der Waals surface area contributed by atoms with Gasteiger partial charge >= 0.3 is 0 Å². The van der Waals surface area contributed by atoms with Gasteiger partial charge in [0.15, 0.2) is 0 Å². The van der Waals surface area contributed by atoms with Crippen molar-refractivity contribution in [1.29, 1.82) is 0 Å². The Balaban J connectivity index is 1.08. The van der Waals surface area contributed by atoms with Gasteiger partial charge in [0.2, 0.25) is 0 Å². The van der Waals surface area contributed by atoms with Crippen LogP contribution in [0.3, 0.4) is 0 Å². The van der Waals surface area contributed by atoms with Crippen LogP contribution in [-0.4, -0.2) is 4.57 Å². The Labute approximate surface area is 299 Å². The number of benzene rings is 8. The van der Waals surface area contributed by atoms with E-state index in [-0.39, 0.29) is 57.6 Å². The minimum Gasteiger partial charge on any atom is -0.456 e. The summed E-state index contributed by atoms with van der Waals surface area (Å²) in [6.45, 7) is 0. The molecule has 0 saturated carbocycles. The maximum Gasteiger partial charge on any atom is 0.135 e. The van der Waals surface area contributed by atoms with Crippen molar-refractivity contribution in [2.24, 2.45) is 0 Å². The third-order valence-electron chi connectivity index (χ3n) is 9.49. The minimum absolute atomic E-state index is 0.0657. The lowest BCUT2D eigenvalue weighted by Gasteiger charge is -2.10. The van der Waals surface area contributed by atoms with Gasteiger partial charge in [0.05, 0.1) is 20.6 Å². The van der Waals surface area contributed by atoms with Gasteiger partial charge in [0.1, 0.15) is 11.2 Å². The number of para-hydroxylation sites is 2. The molecule has 0 unspecified atom stereocenters. The van der Waals surface area contributed by atoms with E-state index in [4.69, 9.17) is 9.90 Å². The first kappa shape index (κ1) is 22.1. The van der Waals surface area contributed by atoms with Gasteiger partial charge < -0.3 is 8.98 Å². The van der Waals surface area contributed by atoms with Gasteiger partial charge in [-0.15, -0.1) is 0 Å². The van der Waals surface area contributed by atoms with Crippen molar-refractivity contribution < 1.29 is 14.0 Å². The van der Waals surface area contributed by atoms with Crippen LogP contribution >= 0.6 is 0 Å². The van der Waals surface area contributed by atoms with E-state index < -0.39 is 12.1 Å². The van der Waals surface area contributed by atoms with Crippen LogP contribution in [0.1, 0.15) is 9.60 Å². The quantitative estimate of drug-likeness (QED) is 0.182. The molecule has 0 fully saturated rings. The average Bonchev–Trinajstić information content (AvgIpc) is 3.82. The summed E-state index contributed by atoms with van der Waals surface area (Å²) in [5, 5.41) is 2.51. The summed E-state index contributed by atoms with van der Waals surface area (Å²) in [6.07, 6.45) is 0. The molecular formula is C48H31NO. The van der Waals surface area contributed by atoms with E-state index in [1.165, 1.54) is 0 Å². The summed E-state index contributed by atoms with van der Waals surface area (Å²) in [6, 6.07) is 45.7. The number of hydrogen-bond donors (Lipinski definition) is 0. The Kier molecular flexibility index (Phi) is 5.08. The number of hydrogen-bond acceptors (Lipinski definition) is 1. The van der Waals surface area contributed by atoms with Crippen LogP contribution in [0, 0.1) is 0 Å². The van der Waals surface area contributed by atoms with E-state index in [0.717, 1.165) is 55.3 Å². The molecule has 2 nitrogen and oxygen atoms in total. The van der Waals surface area contributed by atoms with Crippen molar-refractivity contribution in [2.75, 3.05) is 0 Å². The van der Waals surface area contributed by atoms with Crippen molar-refractivity contribution >= 4 is 43.7 Å². The fourth-order valence-electron chi connectivity index (χ4n) is 6.94. The molecule has 0 spiro atoms. The third kappa shape index (κ3) is 4.73. The number of furan rings is 1. The fraction of sp³-hybridized carbons (Fsp3) is 0. The van der Waals surface area contributed by atoms with E-state index in [9.17, 15) is 4.11 Å². The van der Waals surface area contributed by atoms with Crippen molar-refractivity contribution in [3.05, 3.63) is 188 Å². The predicted molar refractivity (Wildman–Crippen MR) is 210 cm³/mol. The molecule has 0 amide bonds. The molecule has 0 aliphatic rings. The molecule has 2 aromatic heterocycles. The largest absolute Gasteiger partial charge is 0.456 e.